The SMILES string of the molecule is CC.CC.CC.[CH2-]c1cccc(C)c1.[W+2].c1cc(N2CC[N-]CC2)c2cccnc2c1. The summed E-state index contributed by atoms with van der Waals surface area (Å²) < 4.78 is 0. The Kier molecular flexibility index (Phi) is 20.3. The molecule has 1 aromatic heterocycles. The zero-order valence-electron chi connectivity index (χ0n) is 20.6. The molecular weight excluding hydrogens is 550 g/mol. The average Bonchev–Trinajstić information content (AvgIpc) is 2.83. The van der Waals surface area contributed by atoms with E-state index in [1.54, 1.807) is 0 Å². The van der Waals surface area contributed by atoms with E-state index in [1.807, 2.05) is 65.9 Å². The molecule has 0 bridgehead atoms. The molecule has 0 spiro atoms. The Labute approximate surface area is 205 Å². The Hall–Kier alpha value is -1.83. The van der Waals surface area contributed by atoms with Crippen molar-refractivity contribution in [2.75, 3.05) is 31.1 Å². The number of rotatable bonds is 1. The van der Waals surface area contributed by atoms with Crippen LogP contribution < -0.4 is 4.90 Å². The number of hydrogen-bond donors (Lipinski definition) is 0. The largest absolute Gasteiger partial charge is 2.00 e. The number of aryl methyl sites for hydroxylation is 1. The third-order valence-corrected chi connectivity index (χ3v) is 4.10. The molecule has 170 valence electrons. The monoisotopic (exact) mass is 591 g/mol. The molecule has 1 fully saturated rings. The van der Waals surface area contributed by atoms with Crippen LogP contribution in [0.15, 0.2) is 60.8 Å². The molecule has 3 nitrogen and oxygen atoms in total. The molecule has 0 saturated carbocycles. The average molecular weight is 591 g/mol. The third-order valence-electron chi connectivity index (χ3n) is 4.10. The zero-order valence-corrected chi connectivity index (χ0v) is 23.5. The fraction of sp³-hybridized carbons (Fsp3) is 0.407. The van der Waals surface area contributed by atoms with Gasteiger partial charge in [0.05, 0.1) is 5.52 Å². The summed E-state index contributed by atoms with van der Waals surface area (Å²) in [7, 11) is 0. The van der Waals surface area contributed by atoms with Gasteiger partial charge in [0.25, 0.3) is 0 Å². The van der Waals surface area contributed by atoms with Crippen LogP contribution in [-0.4, -0.2) is 31.2 Å². The molecule has 1 saturated heterocycles. The van der Waals surface area contributed by atoms with Gasteiger partial charge < -0.3 is 10.2 Å². The van der Waals surface area contributed by atoms with Crippen molar-refractivity contribution in [1.82, 2.24) is 4.98 Å². The number of benzene rings is 2. The van der Waals surface area contributed by atoms with Crippen LogP contribution in [0.4, 0.5) is 5.69 Å². The first-order valence-corrected chi connectivity index (χ1v) is 11.3. The minimum Gasteiger partial charge on any atom is -0.659 e. The van der Waals surface area contributed by atoms with Crippen molar-refractivity contribution in [3.8, 4) is 0 Å². The molecule has 1 aliphatic heterocycles. The Morgan fingerprint density at radius 2 is 1.45 bits per heavy atom. The van der Waals surface area contributed by atoms with Gasteiger partial charge in [-0.2, -0.15) is 24.6 Å². The number of anilines is 1. The van der Waals surface area contributed by atoms with E-state index < -0.39 is 0 Å². The molecule has 0 amide bonds. The van der Waals surface area contributed by atoms with Gasteiger partial charge >= 0.3 is 21.1 Å². The molecular formula is C27H41N3W. The van der Waals surface area contributed by atoms with Crippen molar-refractivity contribution in [3.05, 3.63) is 84.2 Å². The first-order chi connectivity index (χ1) is 14.7. The van der Waals surface area contributed by atoms with Gasteiger partial charge in [-0.1, -0.05) is 60.6 Å². The zero-order chi connectivity index (χ0) is 22.8. The van der Waals surface area contributed by atoms with Crippen LogP contribution in [0.1, 0.15) is 52.7 Å². The quantitative estimate of drug-likeness (QED) is 0.272. The number of fused-ring (bicyclic) bond motifs is 1. The Bertz CT molecular complexity index is 777. The van der Waals surface area contributed by atoms with Crippen LogP contribution in [0.5, 0.6) is 0 Å². The number of nitrogens with zero attached hydrogens (tertiary/aromatic N) is 3. The molecule has 31 heavy (non-hydrogen) atoms. The van der Waals surface area contributed by atoms with E-state index in [4.69, 9.17) is 0 Å². The molecule has 0 atom stereocenters. The van der Waals surface area contributed by atoms with Gasteiger partial charge in [-0.15, -0.1) is 24.7 Å². The maximum atomic E-state index is 4.39. The summed E-state index contributed by atoms with van der Waals surface area (Å²) in [5, 5.41) is 5.62. The van der Waals surface area contributed by atoms with Gasteiger partial charge in [0, 0.05) is 17.3 Å². The predicted molar refractivity (Wildman–Crippen MR) is 137 cm³/mol. The van der Waals surface area contributed by atoms with Crippen molar-refractivity contribution >= 4 is 16.6 Å². The Morgan fingerprint density at radius 3 is 2.00 bits per heavy atom. The second kappa shape index (κ2) is 20.1. The van der Waals surface area contributed by atoms with Crippen molar-refractivity contribution in [1.29, 1.82) is 0 Å². The van der Waals surface area contributed by atoms with E-state index in [-0.39, 0.29) is 21.1 Å². The van der Waals surface area contributed by atoms with Crippen molar-refractivity contribution in [3.63, 3.8) is 0 Å². The van der Waals surface area contributed by atoms with Crippen LogP contribution in [-0.2, 0) is 21.1 Å². The summed E-state index contributed by atoms with van der Waals surface area (Å²) in [5.74, 6) is 0. The van der Waals surface area contributed by atoms with Gasteiger partial charge in [-0.3, -0.25) is 4.98 Å². The van der Waals surface area contributed by atoms with Crippen LogP contribution >= 0.6 is 0 Å². The molecule has 0 N–H and O–H groups in total. The molecule has 0 aliphatic carbocycles. The van der Waals surface area contributed by atoms with E-state index >= 15 is 0 Å². The summed E-state index contributed by atoms with van der Waals surface area (Å²) in [6, 6.07) is 18.6. The molecule has 0 radical (unpaired) electrons. The maximum absolute atomic E-state index is 4.39. The summed E-state index contributed by atoms with van der Waals surface area (Å²) in [6.45, 7) is 21.8. The number of piperazine rings is 1. The minimum absolute atomic E-state index is 0. The molecule has 4 heteroatoms. The van der Waals surface area contributed by atoms with Crippen molar-refractivity contribution < 1.29 is 21.1 Å². The normalized spacial score (nSPS) is 11.5. The smallest absolute Gasteiger partial charge is 0.659 e. The van der Waals surface area contributed by atoms with E-state index in [9.17, 15) is 0 Å². The molecule has 3 aromatic rings. The Balaban J connectivity index is 0. The van der Waals surface area contributed by atoms with Crippen LogP contribution in [0, 0.1) is 13.8 Å². The molecule has 2 heterocycles. The first-order valence-electron chi connectivity index (χ1n) is 11.3. The number of aromatic nitrogens is 1. The second-order valence-corrected chi connectivity index (χ2v) is 5.99. The van der Waals surface area contributed by atoms with Gasteiger partial charge in [0.2, 0.25) is 0 Å². The van der Waals surface area contributed by atoms with E-state index in [2.05, 4.69) is 65.4 Å². The fourth-order valence-electron chi connectivity index (χ4n) is 2.92. The van der Waals surface area contributed by atoms with Crippen molar-refractivity contribution in [2.45, 2.75) is 48.5 Å². The van der Waals surface area contributed by atoms with Crippen molar-refractivity contribution in [2.24, 2.45) is 0 Å². The summed E-state index contributed by atoms with van der Waals surface area (Å²) in [4.78, 5) is 6.79. The van der Waals surface area contributed by atoms with E-state index in [0.29, 0.717) is 0 Å². The van der Waals surface area contributed by atoms with Crippen LogP contribution in [0.3, 0.4) is 0 Å². The maximum Gasteiger partial charge on any atom is 2.00 e. The van der Waals surface area contributed by atoms with Gasteiger partial charge in [-0.25, -0.2) is 0 Å². The van der Waals surface area contributed by atoms with E-state index in [0.717, 1.165) is 37.3 Å². The minimum atomic E-state index is 0. The van der Waals surface area contributed by atoms with Crippen LogP contribution in [0.2, 0.25) is 0 Å². The first kappa shape index (κ1) is 31.4. The predicted octanol–water partition coefficient (Wildman–Crippen LogP) is 7.68. The summed E-state index contributed by atoms with van der Waals surface area (Å²) in [6.07, 6.45) is 1.84. The van der Waals surface area contributed by atoms with Gasteiger partial charge in [0.1, 0.15) is 0 Å². The summed E-state index contributed by atoms with van der Waals surface area (Å²) >= 11 is 0. The standard InChI is InChI=1S/C13H14N3.C8H9.3C2H6.W/c1-4-12-11(3-2-6-15-12)13(5-1)16-9-7-14-8-10-16;1-7-4-3-5-8(2)6-7;3*1-2;/h1-6H,7-10H2;3-6H,1H2,2H3;3*1-2H3;/q2*-1;;;;+2. The molecule has 4 rings (SSSR count). The molecule has 1 aliphatic rings. The summed E-state index contributed by atoms with van der Waals surface area (Å²) in [5.41, 5.74) is 4.73. The number of hydrogen-bond acceptors (Lipinski definition) is 2. The molecule has 0 unspecified atom stereocenters. The fourth-order valence-corrected chi connectivity index (χ4v) is 2.92. The van der Waals surface area contributed by atoms with Crippen LogP contribution in [0.25, 0.3) is 16.2 Å². The topological polar surface area (TPSA) is 30.2 Å². The van der Waals surface area contributed by atoms with E-state index in [1.165, 1.54) is 16.6 Å². The molecule has 2 aromatic carbocycles. The van der Waals surface area contributed by atoms with Gasteiger partial charge in [0.15, 0.2) is 0 Å². The third kappa shape index (κ3) is 11.4. The Morgan fingerprint density at radius 1 is 0.839 bits per heavy atom. The number of pyridine rings is 1. The second-order valence-electron chi connectivity index (χ2n) is 5.99. The van der Waals surface area contributed by atoms with Gasteiger partial charge in [-0.05, 0) is 37.4 Å².